The molecule has 1 heterocycles. The molecule has 1 aromatic carbocycles. The summed E-state index contributed by atoms with van der Waals surface area (Å²) in [6.45, 7) is 5.66. The largest absolute Gasteiger partial charge is 0.314 e. The average molecular weight is 260 g/mol. The molecule has 0 aromatic heterocycles. The van der Waals surface area contributed by atoms with Gasteiger partial charge in [-0.2, -0.15) is 0 Å². The standard InChI is InChI=1S/C17H28N2/c1-15-7-5-8-16(13-15)14-19(2)12-6-10-17-9-3-4-11-18-17/h5,7-8,13,17-18H,3-4,6,9-12,14H2,1-2H3. The van der Waals surface area contributed by atoms with Gasteiger partial charge in [-0.25, -0.2) is 0 Å². The Bertz CT molecular complexity index is 369. The summed E-state index contributed by atoms with van der Waals surface area (Å²) in [5.74, 6) is 0. The smallest absolute Gasteiger partial charge is 0.0230 e. The Morgan fingerprint density at radius 2 is 2.21 bits per heavy atom. The molecule has 19 heavy (non-hydrogen) atoms. The highest BCUT2D eigenvalue weighted by Gasteiger charge is 2.12. The lowest BCUT2D eigenvalue weighted by molar-refractivity contribution is 0.297. The van der Waals surface area contributed by atoms with Crippen molar-refractivity contribution in [3.63, 3.8) is 0 Å². The van der Waals surface area contributed by atoms with E-state index in [1.165, 1.54) is 56.3 Å². The second-order valence-electron chi connectivity index (χ2n) is 6.02. The third kappa shape index (κ3) is 5.33. The van der Waals surface area contributed by atoms with E-state index in [2.05, 4.69) is 48.5 Å². The molecule has 1 unspecified atom stereocenters. The van der Waals surface area contributed by atoms with E-state index in [-0.39, 0.29) is 0 Å². The number of rotatable bonds is 6. The molecule has 1 atom stereocenters. The molecule has 1 aliphatic rings. The van der Waals surface area contributed by atoms with Gasteiger partial charge in [0.05, 0.1) is 0 Å². The van der Waals surface area contributed by atoms with E-state index in [1.807, 2.05) is 0 Å². The summed E-state index contributed by atoms with van der Waals surface area (Å²) in [5.41, 5.74) is 2.79. The molecule has 0 aliphatic carbocycles. The van der Waals surface area contributed by atoms with Crippen LogP contribution in [0.1, 0.15) is 43.2 Å². The predicted molar refractivity (Wildman–Crippen MR) is 82.4 cm³/mol. The van der Waals surface area contributed by atoms with Crippen molar-refractivity contribution >= 4 is 0 Å². The normalized spacial score (nSPS) is 19.8. The molecular formula is C17H28N2. The molecule has 2 nitrogen and oxygen atoms in total. The molecule has 1 N–H and O–H groups in total. The van der Waals surface area contributed by atoms with Gasteiger partial charge in [0.15, 0.2) is 0 Å². The molecule has 0 amide bonds. The van der Waals surface area contributed by atoms with E-state index in [0.29, 0.717) is 0 Å². The first-order valence-corrected chi connectivity index (χ1v) is 7.71. The Morgan fingerprint density at radius 1 is 1.32 bits per heavy atom. The van der Waals surface area contributed by atoms with Crippen LogP contribution in [0.25, 0.3) is 0 Å². The maximum Gasteiger partial charge on any atom is 0.0230 e. The summed E-state index contributed by atoms with van der Waals surface area (Å²) < 4.78 is 0. The van der Waals surface area contributed by atoms with E-state index in [9.17, 15) is 0 Å². The molecule has 1 saturated heterocycles. The number of benzene rings is 1. The van der Waals surface area contributed by atoms with E-state index in [0.717, 1.165) is 12.6 Å². The summed E-state index contributed by atoms with van der Waals surface area (Å²) in [4.78, 5) is 2.44. The summed E-state index contributed by atoms with van der Waals surface area (Å²) in [5, 5.41) is 3.63. The molecule has 0 spiro atoms. The Kier molecular flexibility index (Phi) is 5.87. The van der Waals surface area contributed by atoms with Crippen LogP contribution >= 0.6 is 0 Å². The van der Waals surface area contributed by atoms with Crippen LogP contribution in [0.4, 0.5) is 0 Å². The topological polar surface area (TPSA) is 15.3 Å². The first kappa shape index (κ1) is 14.5. The van der Waals surface area contributed by atoms with Gasteiger partial charge in [-0.15, -0.1) is 0 Å². The van der Waals surface area contributed by atoms with Crippen LogP contribution in [0.3, 0.4) is 0 Å². The zero-order chi connectivity index (χ0) is 13.5. The van der Waals surface area contributed by atoms with Crippen molar-refractivity contribution in [2.24, 2.45) is 0 Å². The SMILES string of the molecule is Cc1cccc(CN(C)CCCC2CCCCN2)c1. The lowest BCUT2D eigenvalue weighted by atomic mass is 10.0. The van der Waals surface area contributed by atoms with Crippen molar-refractivity contribution in [3.05, 3.63) is 35.4 Å². The number of hydrogen-bond acceptors (Lipinski definition) is 2. The van der Waals surface area contributed by atoms with Gasteiger partial charge < -0.3 is 10.2 Å². The Hall–Kier alpha value is -0.860. The molecule has 2 rings (SSSR count). The van der Waals surface area contributed by atoms with Gasteiger partial charge in [0.1, 0.15) is 0 Å². The lowest BCUT2D eigenvalue weighted by Gasteiger charge is -2.24. The second-order valence-corrected chi connectivity index (χ2v) is 6.02. The highest BCUT2D eigenvalue weighted by Crippen LogP contribution is 2.12. The van der Waals surface area contributed by atoms with Gasteiger partial charge >= 0.3 is 0 Å². The molecule has 2 heteroatoms. The maximum absolute atomic E-state index is 3.63. The Labute approximate surface area is 118 Å². The fourth-order valence-electron chi connectivity index (χ4n) is 2.98. The van der Waals surface area contributed by atoms with Gasteiger partial charge in [0, 0.05) is 12.6 Å². The zero-order valence-corrected chi connectivity index (χ0v) is 12.5. The maximum atomic E-state index is 3.63. The minimum atomic E-state index is 0.779. The van der Waals surface area contributed by atoms with Crippen molar-refractivity contribution in [3.8, 4) is 0 Å². The third-order valence-electron chi connectivity index (χ3n) is 4.04. The number of aryl methyl sites for hydroxylation is 1. The third-order valence-corrected chi connectivity index (χ3v) is 4.04. The summed E-state index contributed by atoms with van der Waals surface area (Å²) in [6.07, 6.45) is 6.79. The first-order valence-electron chi connectivity index (χ1n) is 7.71. The van der Waals surface area contributed by atoms with Crippen LogP contribution in [0.5, 0.6) is 0 Å². The molecule has 1 fully saturated rings. The molecule has 1 aromatic rings. The molecule has 0 bridgehead atoms. The van der Waals surface area contributed by atoms with Crippen molar-refractivity contribution in [1.29, 1.82) is 0 Å². The van der Waals surface area contributed by atoms with Crippen molar-refractivity contribution in [2.75, 3.05) is 20.1 Å². The highest BCUT2D eigenvalue weighted by molar-refractivity contribution is 5.21. The Morgan fingerprint density at radius 3 is 2.95 bits per heavy atom. The molecule has 106 valence electrons. The Balaban J connectivity index is 1.65. The fourth-order valence-corrected chi connectivity index (χ4v) is 2.98. The van der Waals surface area contributed by atoms with Crippen molar-refractivity contribution in [2.45, 2.75) is 51.6 Å². The molecule has 0 saturated carbocycles. The second kappa shape index (κ2) is 7.66. The van der Waals surface area contributed by atoms with Gasteiger partial charge in [-0.05, 0) is 58.3 Å². The van der Waals surface area contributed by atoms with Crippen LogP contribution in [0.15, 0.2) is 24.3 Å². The van der Waals surface area contributed by atoms with Crippen LogP contribution in [-0.4, -0.2) is 31.1 Å². The minimum absolute atomic E-state index is 0.779. The number of nitrogens with one attached hydrogen (secondary N) is 1. The van der Waals surface area contributed by atoms with E-state index in [4.69, 9.17) is 0 Å². The molecule has 0 radical (unpaired) electrons. The zero-order valence-electron chi connectivity index (χ0n) is 12.5. The van der Waals surface area contributed by atoms with Crippen molar-refractivity contribution < 1.29 is 0 Å². The molecule has 1 aliphatic heterocycles. The number of piperidine rings is 1. The van der Waals surface area contributed by atoms with Crippen LogP contribution in [-0.2, 0) is 6.54 Å². The molecular weight excluding hydrogens is 232 g/mol. The average Bonchev–Trinajstić information content (AvgIpc) is 2.40. The monoisotopic (exact) mass is 260 g/mol. The van der Waals surface area contributed by atoms with E-state index >= 15 is 0 Å². The van der Waals surface area contributed by atoms with Crippen molar-refractivity contribution in [1.82, 2.24) is 10.2 Å². The van der Waals surface area contributed by atoms with Crippen LogP contribution in [0.2, 0.25) is 0 Å². The quantitative estimate of drug-likeness (QED) is 0.844. The van der Waals surface area contributed by atoms with Gasteiger partial charge in [-0.3, -0.25) is 0 Å². The number of nitrogens with zero attached hydrogens (tertiary/aromatic N) is 1. The predicted octanol–water partition coefficient (Wildman–Crippen LogP) is 3.35. The lowest BCUT2D eigenvalue weighted by Crippen LogP contribution is -2.34. The van der Waals surface area contributed by atoms with Crippen LogP contribution < -0.4 is 5.32 Å². The van der Waals surface area contributed by atoms with Gasteiger partial charge in [0.25, 0.3) is 0 Å². The van der Waals surface area contributed by atoms with E-state index in [1.54, 1.807) is 0 Å². The van der Waals surface area contributed by atoms with Gasteiger partial charge in [0.2, 0.25) is 0 Å². The summed E-state index contributed by atoms with van der Waals surface area (Å²) >= 11 is 0. The van der Waals surface area contributed by atoms with Gasteiger partial charge in [-0.1, -0.05) is 36.2 Å². The highest BCUT2D eigenvalue weighted by atomic mass is 15.1. The summed E-state index contributed by atoms with van der Waals surface area (Å²) in [7, 11) is 2.23. The number of hydrogen-bond donors (Lipinski definition) is 1. The van der Waals surface area contributed by atoms with E-state index < -0.39 is 0 Å². The summed E-state index contributed by atoms with van der Waals surface area (Å²) in [6, 6.07) is 9.62. The first-order chi connectivity index (χ1) is 9.24. The fraction of sp³-hybridized carbons (Fsp3) is 0.647. The minimum Gasteiger partial charge on any atom is -0.314 e. The van der Waals surface area contributed by atoms with Crippen LogP contribution in [0, 0.1) is 6.92 Å².